The molecule has 31 heavy (non-hydrogen) atoms. The van der Waals surface area contributed by atoms with Crippen molar-refractivity contribution in [2.24, 2.45) is 0 Å². The van der Waals surface area contributed by atoms with E-state index in [1.165, 1.54) is 0 Å². The Bertz CT molecular complexity index is 1170. The Morgan fingerprint density at radius 3 is 2.65 bits per heavy atom. The third-order valence-corrected chi connectivity index (χ3v) is 5.29. The van der Waals surface area contributed by atoms with Crippen LogP contribution in [-0.4, -0.2) is 30.0 Å². The van der Waals surface area contributed by atoms with Crippen LogP contribution in [0.5, 0.6) is 0 Å². The summed E-state index contributed by atoms with van der Waals surface area (Å²) in [5, 5.41) is 3.37. The summed E-state index contributed by atoms with van der Waals surface area (Å²) in [6.07, 6.45) is 6.27. The van der Waals surface area contributed by atoms with Crippen molar-refractivity contribution in [2.45, 2.75) is 19.3 Å². The number of nitrogens with zero attached hydrogens (tertiary/aromatic N) is 1. The highest BCUT2D eigenvalue weighted by Crippen LogP contribution is 2.36. The zero-order valence-corrected chi connectivity index (χ0v) is 17.3. The van der Waals surface area contributed by atoms with E-state index in [9.17, 15) is 9.59 Å². The monoisotopic (exact) mass is 412 g/mol. The van der Waals surface area contributed by atoms with Gasteiger partial charge in [0.15, 0.2) is 6.61 Å². The molecular formula is C26H24N2O3. The zero-order chi connectivity index (χ0) is 21.6. The van der Waals surface area contributed by atoms with E-state index in [-0.39, 0.29) is 12.5 Å². The van der Waals surface area contributed by atoms with Gasteiger partial charge in [0.25, 0.3) is 5.91 Å². The Balaban J connectivity index is 1.75. The maximum Gasteiger partial charge on any atom is 0.339 e. The fourth-order valence-corrected chi connectivity index (χ4v) is 3.90. The molecule has 0 atom stereocenters. The number of rotatable bonds is 6. The summed E-state index contributed by atoms with van der Waals surface area (Å²) in [6, 6.07) is 17.7. The highest BCUT2D eigenvalue weighted by molar-refractivity contribution is 6.07. The molecule has 1 amide bonds. The summed E-state index contributed by atoms with van der Waals surface area (Å²) in [5.74, 6) is -0.852. The topological polar surface area (TPSA) is 68.3 Å². The number of fused-ring (bicyclic) bond motifs is 2. The number of carbonyl (C=O) groups is 2. The maximum absolute atomic E-state index is 13.1. The second-order valence-electron chi connectivity index (χ2n) is 7.43. The molecule has 156 valence electrons. The van der Waals surface area contributed by atoms with Crippen molar-refractivity contribution >= 4 is 34.4 Å². The van der Waals surface area contributed by atoms with Crippen molar-refractivity contribution in [3.05, 3.63) is 89.6 Å². The van der Waals surface area contributed by atoms with E-state index < -0.39 is 5.97 Å². The van der Waals surface area contributed by atoms with E-state index >= 15 is 0 Å². The molecule has 0 saturated heterocycles. The van der Waals surface area contributed by atoms with Crippen LogP contribution in [0.3, 0.4) is 0 Å². The van der Waals surface area contributed by atoms with Gasteiger partial charge in [0.2, 0.25) is 0 Å². The van der Waals surface area contributed by atoms with Gasteiger partial charge in [-0.3, -0.25) is 4.79 Å². The molecule has 1 aromatic heterocycles. The molecule has 0 bridgehead atoms. The molecule has 0 unspecified atom stereocenters. The Hall–Kier alpha value is -3.73. The van der Waals surface area contributed by atoms with E-state index in [1.807, 2.05) is 42.5 Å². The Morgan fingerprint density at radius 2 is 1.84 bits per heavy atom. The third-order valence-electron chi connectivity index (χ3n) is 5.29. The first-order chi connectivity index (χ1) is 15.2. The number of pyridine rings is 1. The third kappa shape index (κ3) is 4.56. The average molecular weight is 412 g/mol. The molecule has 5 heteroatoms. The molecular weight excluding hydrogens is 388 g/mol. The Morgan fingerprint density at radius 1 is 1.06 bits per heavy atom. The lowest BCUT2D eigenvalue weighted by Gasteiger charge is -2.22. The number of allylic oxidation sites excluding steroid dienone is 1. The molecule has 3 aromatic rings. The van der Waals surface area contributed by atoms with Crippen molar-refractivity contribution in [2.75, 3.05) is 13.2 Å². The van der Waals surface area contributed by atoms with Gasteiger partial charge in [-0.1, -0.05) is 54.6 Å². The number of ether oxygens (including phenoxy) is 1. The van der Waals surface area contributed by atoms with E-state index in [0.29, 0.717) is 12.1 Å². The molecule has 1 N–H and O–H groups in total. The summed E-state index contributed by atoms with van der Waals surface area (Å²) in [5.41, 5.74) is 5.20. The Kier molecular flexibility index (Phi) is 6.22. The lowest BCUT2D eigenvalue weighted by atomic mass is 9.86. The molecule has 0 saturated carbocycles. The zero-order valence-electron chi connectivity index (χ0n) is 17.3. The minimum absolute atomic E-state index is 0.329. The van der Waals surface area contributed by atoms with Crippen LogP contribution >= 0.6 is 0 Å². The van der Waals surface area contributed by atoms with Crippen LogP contribution in [0.15, 0.2) is 67.3 Å². The number of carbonyl (C=O) groups excluding carboxylic acids is 2. The highest BCUT2D eigenvalue weighted by atomic mass is 16.5. The van der Waals surface area contributed by atoms with Gasteiger partial charge >= 0.3 is 5.97 Å². The predicted octanol–water partition coefficient (Wildman–Crippen LogP) is 4.57. The fourth-order valence-electron chi connectivity index (χ4n) is 3.90. The van der Waals surface area contributed by atoms with E-state index in [0.717, 1.165) is 52.6 Å². The fraction of sp³-hybridized carbons (Fsp3) is 0.192. The number of aromatic nitrogens is 1. The SMILES string of the molecule is C=CCNC(=O)COC(=O)c1c2c(nc3ccccc13)/C(=C/c1ccccc1)CCC2. The van der Waals surface area contributed by atoms with Gasteiger partial charge < -0.3 is 10.1 Å². The number of hydrogen-bond acceptors (Lipinski definition) is 4. The second-order valence-corrected chi connectivity index (χ2v) is 7.43. The second kappa shape index (κ2) is 9.39. The van der Waals surface area contributed by atoms with Crippen molar-refractivity contribution in [1.82, 2.24) is 10.3 Å². The minimum atomic E-state index is -0.496. The first-order valence-corrected chi connectivity index (χ1v) is 10.4. The number of amides is 1. The minimum Gasteiger partial charge on any atom is -0.452 e. The first kappa shape index (κ1) is 20.5. The van der Waals surface area contributed by atoms with Gasteiger partial charge in [0.05, 0.1) is 16.8 Å². The lowest BCUT2D eigenvalue weighted by Crippen LogP contribution is -2.29. The molecule has 1 aliphatic rings. The standard InChI is InChI=1S/C26H24N2O3/c1-2-15-27-23(29)17-31-26(30)24-20-12-6-7-14-22(20)28-25-19(11-8-13-21(24)25)16-18-9-4-3-5-10-18/h2-7,9-10,12,14,16H,1,8,11,13,15,17H2,(H,27,29)/b19-16+. The summed E-state index contributed by atoms with van der Waals surface area (Å²) in [7, 11) is 0. The predicted molar refractivity (Wildman–Crippen MR) is 122 cm³/mol. The molecule has 4 rings (SSSR count). The van der Waals surface area contributed by atoms with Crippen LogP contribution in [0.25, 0.3) is 22.6 Å². The quantitative estimate of drug-likeness (QED) is 0.476. The number of hydrogen-bond donors (Lipinski definition) is 1. The van der Waals surface area contributed by atoms with Crippen LogP contribution in [0.2, 0.25) is 0 Å². The van der Waals surface area contributed by atoms with Crippen LogP contribution in [0.1, 0.15) is 40.0 Å². The number of nitrogens with one attached hydrogen (secondary N) is 1. The van der Waals surface area contributed by atoms with Gasteiger partial charge in [-0.25, -0.2) is 9.78 Å². The summed E-state index contributed by atoms with van der Waals surface area (Å²) in [6.45, 7) is 3.56. The first-order valence-electron chi connectivity index (χ1n) is 10.4. The van der Waals surface area contributed by atoms with Crippen molar-refractivity contribution in [1.29, 1.82) is 0 Å². The molecule has 2 aromatic carbocycles. The number of benzene rings is 2. The van der Waals surface area contributed by atoms with Crippen LogP contribution in [0, 0.1) is 0 Å². The molecule has 0 aliphatic heterocycles. The van der Waals surface area contributed by atoms with Crippen molar-refractivity contribution in [3.63, 3.8) is 0 Å². The molecule has 1 aliphatic carbocycles. The van der Waals surface area contributed by atoms with Crippen LogP contribution in [0.4, 0.5) is 0 Å². The van der Waals surface area contributed by atoms with Crippen molar-refractivity contribution < 1.29 is 14.3 Å². The largest absolute Gasteiger partial charge is 0.452 e. The van der Waals surface area contributed by atoms with E-state index in [2.05, 4.69) is 30.1 Å². The highest BCUT2D eigenvalue weighted by Gasteiger charge is 2.26. The van der Waals surface area contributed by atoms with Crippen molar-refractivity contribution in [3.8, 4) is 0 Å². The van der Waals surface area contributed by atoms with Gasteiger partial charge in [0.1, 0.15) is 0 Å². The molecule has 0 spiro atoms. The summed E-state index contributed by atoms with van der Waals surface area (Å²) < 4.78 is 5.38. The summed E-state index contributed by atoms with van der Waals surface area (Å²) in [4.78, 5) is 29.9. The smallest absolute Gasteiger partial charge is 0.339 e. The van der Waals surface area contributed by atoms with Gasteiger partial charge in [-0.15, -0.1) is 6.58 Å². The molecule has 5 nitrogen and oxygen atoms in total. The number of esters is 1. The molecule has 1 heterocycles. The van der Waals surface area contributed by atoms with Crippen LogP contribution in [-0.2, 0) is 16.0 Å². The Labute approximate surface area is 181 Å². The van der Waals surface area contributed by atoms with Gasteiger partial charge in [-0.2, -0.15) is 0 Å². The van der Waals surface area contributed by atoms with Crippen LogP contribution < -0.4 is 5.32 Å². The number of para-hydroxylation sites is 1. The maximum atomic E-state index is 13.1. The van der Waals surface area contributed by atoms with E-state index in [4.69, 9.17) is 9.72 Å². The molecule has 0 radical (unpaired) electrons. The summed E-state index contributed by atoms with van der Waals surface area (Å²) >= 11 is 0. The van der Waals surface area contributed by atoms with Gasteiger partial charge in [0, 0.05) is 11.9 Å². The average Bonchev–Trinajstić information content (AvgIpc) is 2.80. The van der Waals surface area contributed by atoms with Gasteiger partial charge in [-0.05, 0) is 48.1 Å². The van der Waals surface area contributed by atoms with E-state index in [1.54, 1.807) is 6.08 Å². The normalized spacial score (nSPS) is 14.1. The molecule has 0 fully saturated rings. The lowest BCUT2D eigenvalue weighted by molar-refractivity contribution is -0.124.